The minimum absolute atomic E-state index is 0.00823. The van der Waals surface area contributed by atoms with Gasteiger partial charge in [0, 0.05) is 12.6 Å². The molecule has 2 aromatic carbocycles. The monoisotopic (exact) mass is 398 g/mol. The number of para-hydroxylation sites is 2. The summed E-state index contributed by atoms with van der Waals surface area (Å²) < 4.78 is 11.0. The molecule has 1 atom stereocenters. The van der Waals surface area contributed by atoms with Gasteiger partial charge in [-0.1, -0.05) is 42.0 Å². The highest BCUT2D eigenvalue weighted by atomic mass is 16.5. The lowest BCUT2D eigenvalue weighted by Gasteiger charge is -2.29. The molecule has 2 aromatic rings. The van der Waals surface area contributed by atoms with Crippen LogP contribution in [0.4, 0.5) is 0 Å². The van der Waals surface area contributed by atoms with Gasteiger partial charge in [-0.2, -0.15) is 0 Å². The highest BCUT2D eigenvalue weighted by Crippen LogP contribution is 2.25. The van der Waals surface area contributed by atoms with Crippen molar-refractivity contribution in [2.24, 2.45) is 0 Å². The van der Waals surface area contributed by atoms with Crippen LogP contribution in [0.2, 0.25) is 0 Å². The van der Waals surface area contributed by atoms with E-state index in [9.17, 15) is 9.59 Å². The van der Waals surface area contributed by atoms with Crippen LogP contribution < -0.4 is 14.8 Å². The van der Waals surface area contributed by atoms with Gasteiger partial charge in [-0.25, -0.2) is 0 Å². The summed E-state index contributed by atoms with van der Waals surface area (Å²) >= 11 is 0. The van der Waals surface area contributed by atoms with Crippen LogP contribution in [0, 0.1) is 6.92 Å². The average Bonchev–Trinajstić information content (AvgIpc) is 2.70. The fraction of sp³-hybridized carbons (Fsp3) is 0.391. The third kappa shape index (κ3) is 6.52. The maximum absolute atomic E-state index is 13.0. The molecule has 0 fully saturated rings. The van der Waals surface area contributed by atoms with E-state index in [0.717, 1.165) is 11.1 Å². The normalized spacial score (nSPS) is 11.7. The zero-order chi connectivity index (χ0) is 21.4. The molecule has 0 radical (unpaired) electrons. The van der Waals surface area contributed by atoms with Crippen LogP contribution in [-0.4, -0.2) is 42.5 Å². The Balaban J connectivity index is 2.16. The van der Waals surface area contributed by atoms with Crippen molar-refractivity contribution in [3.63, 3.8) is 0 Å². The van der Waals surface area contributed by atoms with E-state index in [1.54, 1.807) is 26.2 Å². The molecule has 6 heteroatoms. The van der Waals surface area contributed by atoms with E-state index < -0.39 is 6.04 Å². The average molecular weight is 399 g/mol. The Hall–Kier alpha value is -3.02. The zero-order valence-corrected chi connectivity index (χ0v) is 17.8. The van der Waals surface area contributed by atoms with Crippen LogP contribution in [0.3, 0.4) is 0 Å². The maximum Gasteiger partial charge on any atom is 0.261 e. The van der Waals surface area contributed by atoms with Gasteiger partial charge in [-0.3, -0.25) is 9.59 Å². The predicted molar refractivity (Wildman–Crippen MR) is 113 cm³/mol. The second-order valence-electron chi connectivity index (χ2n) is 7.29. The molecule has 0 spiro atoms. The Bertz CT molecular complexity index is 818. The molecular weight excluding hydrogens is 368 g/mol. The number of hydrogen-bond acceptors (Lipinski definition) is 4. The van der Waals surface area contributed by atoms with Crippen molar-refractivity contribution in [1.29, 1.82) is 0 Å². The Kier molecular flexibility index (Phi) is 8.07. The number of benzene rings is 2. The van der Waals surface area contributed by atoms with Crippen LogP contribution in [0.25, 0.3) is 0 Å². The Morgan fingerprint density at radius 2 is 1.62 bits per heavy atom. The largest absolute Gasteiger partial charge is 0.493 e. The van der Waals surface area contributed by atoms with E-state index in [4.69, 9.17) is 9.47 Å². The van der Waals surface area contributed by atoms with Gasteiger partial charge in [0.15, 0.2) is 18.1 Å². The molecule has 29 heavy (non-hydrogen) atoms. The summed E-state index contributed by atoms with van der Waals surface area (Å²) in [4.78, 5) is 27.1. The molecule has 0 heterocycles. The van der Waals surface area contributed by atoms with Crippen molar-refractivity contribution < 1.29 is 19.1 Å². The van der Waals surface area contributed by atoms with Crippen molar-refractivity contribution >= 4 is 11.8 Å². The first-order valence-electron chi connectivity index (χ1n) is 9.73. The first-order valence-corrected chi connectivity index (χ1v) is 9.73. The van der Waals surface area contributed by atoms with Crippen LogP contribution in [0.1, 0.15) is 31.9 Å². The van der Waals surface area contributed by atoms with E-state index in [1.165, 1.54) is 4.90 Å². The number of carbonyl (C=O) groups excluding carboxylic acids is 2. The molecule has 0 aliphatic carbocycles. The van der Waals surface area contributed by atoms with Gasteiger partial charge >= 0.3 is 0 Å². The lowest BCUT2D eigenvalue weighted by atomic mass is 10.1. The van der Waals surface area contributed by atoms with Crippen molar-refractivity contribution in [2.45, 2.75) is 46.3 Å². The summed E-state index contributed by atoms with van der Waals surface area (Å²) in [7, 11) is 1.55. The summed E-state index contributed by atoms with van der Waals surface area (Å²) in [5, 5.41) is 2.87. The fourth-order valence-corrected chi connectivity index (χ4v) is 2.84. The van der Waals surface area contributed by atoms with Gasteiger partial charge in [0.1, 0.15) is 6.04 Å². The number of amides is 2. The van der Waals surface area contributed by atoms with E-state index >= 15 is 0 Å². The van der Waals surface area contributed by atoms with E-state index in [2.05, 4.69) is 5.32 Å². The number of carbonyl (C=O) groups is 2. The molecule has 1 N–H and O–H groups in total. The van der Waals surface area contributed by atoms with Gasteiger partial charge in [0.25, 0.3) is 5.91 Å². The molecule has 0 aromatic heterocycles. The summed E-state index contributed by atoms with van der Waals surface area (Å²) in [6, 6.07) is 14.4. The highest BCUT2D eigenvalue weighted by Gasteiger charge is 2.27. The number of ether oxygens (including phenoxy) is 2. The predicted octanol–water partition coefficient (Wildman–Crippen LogP) is 3.32. The summed E-state index contributed by atoms with van der Waals surface area (Å²) in [5.41, 5.74) is 2.09. The van der Waals surface area contributed by atoms with Crippen LogP contribution in [-0.2, 0) is 16.1 Å². The topological polar surface area (TPSA) is 67.9 Å². The Morgan fingerprint density at radius 1 is 1.00 bits per heavy atom. The third-order valence-corrected chi connectivity index (χ3v) is 4.49. The first-order chi connectivity index (χ1) is 13.8. The summed E-state index contributed by atoms with van der Waals surface area (Å²) in [5.74, 6) is 0.564. The van der Waals surface area contributed by atoms with E-state index in [-0.39, 0.29) is 24.5 Å². The third-order valence-electron chi connectivity index (χ3n) is 4.49. The smallest absolute Gasteiger partial charge is 0.261 e. The minimum atomic E-state index is -0.632. The minimum Gasteiger partial charge on any atom is -0.493 e. The van der Waals surface area contributed by atoms with Crippen molar-refractivity contribution in [2.75, 3.05) is 13.7 Å². The molecule has 2 amide bonds. The number of nitrogens with zero attached hydrogens (tertiary/aromatic N) is 1. The second-order valence-corrected chi connectivity index (χ2v) is 7.29. The van der Waals surface area contributed by atoms with Crippen LogP contribution >= 0.6 is 0 Å². The van der Waals surface area contributed by atoms with Gasteiger partial charge in [0.05, 0.1) is 7.11 Å². The number of rotatable bonds is 9. The molecule has 2 rings (SSSR count). The van der Waals surface area contributed by atoms with Gasteiger partial charge in [0.2, 0.25) is 5.91 Å². The van der Waals surface area contributed by atoms with Crippen molar-refractivity contribution in [3.05, 3.63) is 59.7 Å². The number of nitrogens with one attached hydrogen (secondary N) is 1. The SMILES string of the molecule is COc1ccccc1OCC(=O)N(Cc1ccc(C)cc1)[C@H](C)C(=O)NC(C)C. The molecule has 0 unspecified atom stereocenters. The van der Waals surface area contributed by atoms with Gasteiger partial charge < -0.3 is 19.7 Å². The van der Waals surface area contributed by atoms with Gasteiger partial charge in [-0.15, -0.1) is 0 Å². The van der Waals surface area contributed by atoms with E-state index in [0.29, 0.717) is 18.0 Å². The summed E-state index contributed by atoms with van der Waals surface area (Å²) in [6.07, 6.45) is 0. The second kappa shape index (κ2) is 10.5. The molecule has 0 aliphatic rings. The number of aryl methyl sites for hydroxylation is 1. The molecule has 0 bridgehead atoms. The molecule has 156 valence electrons. The number of hydrogen-bond donors (Lipinski definition) is 1. The fourth-order valence-electron chi connectivity index (χ4n) is 2.84. The van der Waals surface area contributed by atoms with Crippen molar-refractivity contribution in [1.82, 2.24) is 10.2 Å². The lowest BCUT2D eigenvalue weighted by Crippen LogP contribution is -2.50. The Labute approximate surface area is 172 Å². The highest BCUT2D eigenvalue weighted by molar-refractivity contribution is 5.88. The standard InChI is InChI=1S/C23H30N2O4/c1-16(2)24-23(27)18(4)25(14-19-12-10-17(3)11-13-19)22(26)15-29-21-9-7-6-8-20(21)28-5/h6-13,16,18H,14-15H2,1-5H3,(H,24,27)/t18-/m1/s1. The van der Waals surface area contributed by atoms with Crippen LogP contribution in [0.15, 0.2) is 48.5 Å². The first kappa shape index (κ1) is 22.3. The van der Waals surface area contributed by atoms with Crippen LogP contribution in [0.5, 0.6) is 11.5 Å². The molecule has 0 aliphatic heterocycles. The van der Waals surface area contributed by atoms with Gasteiger partial charge in [-0.05, 0) is 45.4 Å². The van der Waals surface area contributed by atoms with E-state index in [1.807, 2.05) is 57.2 Å². The molecule has 0 saturated heterocycles. The van der Waals surface area contributed by atoms with Crippen molar-refractivity contribution in [3.8, 4) is 11.5 Å². The molecule has 6 nitrogen and oxygen atoms in total. The lowest BCUT2D eigenvalue weighted by molar-refractivity contribution is -0.142. The maximum atomic E-state index is 13.0. The molecular formula is C23H30N2O4. The zero-order valence-electron chi connectivity index (χ0n) is 17.8. The molecule has 0 saturated carbocycles. The quantitative estimate of drug-likeness (QED) is 0.704. The summed E-state index contributed by atoms with van der Waals surface area (Å²) in [6.45, 7) is 7.65. The number of methoxy groups -OCH3 is 1. The Morgan fingerprint density at radius 3 is 2.21 bits per heavy atom.